The van der Waals surface area contributed by atoms with Crippen molar-refractivity contribution in [1.29, 1.82) is 0 Å². The maximum absolute atomic E-state index is 13.2. The molecule has 0 spiro atoms. The van der Waals surface area contributed by atoms with Crippen LogP contribution in [0, 0.1) is 5.82 Å². The minimum atomic E-state index is -0.399. The number of pyridine rings is 1. The summed E-state index contributed by atoms with van der Waals surface area (Å²) in [5.74, 6) is -0.0543. The van der Waals surface area contributed by atoms with Crippen LogP contribution in [0.25, 0.3) is 0 Å². The molecule has 4 rings (SSSR count). The molecule has 0 saturated heterocycles. The molecule has 0 aliphatic carbocycles. The molecule has 124 valence electrons. The number of ketones is 1. The van der Waals surface area contributed by atoms with Gasteiger partial charge in [-0.1, -0.05) is 0 Å². The van der Waals surface area contributed by atoms with Gasteiger partial charge >= 0.3 is 0 Å². The van der Waals surface area contributed by atoms with Crippen LogP contribution >= 0.6 is 0 Å². The molecular weight excluding hydrogens is 321 g/mol. The van der Waals surface area contributed by atoms with E-state index in [1.807, 2.05) is 0 Å². The molecule has 0 atom stereocenters. The minimum absolute atomic E-state index is 0.122. The van der Waals surface area contributed by atoms with E-state index < -0.39 is 5.82 Å². The summed E-state index contributed by atoms with van der Waals surface area (Å²) < 4.78 is 18.9. The zero-order chi connectivity index (χ0) is 17.4. The number of ether oxygens (including phenoxy) is 1. The lowest BCUT2D eigenvalue weighted by atomic mass is 10.0. The van der Waals surface area contributed by atoms with Gasteiger partial charge in [-0.15, -0.1) is 0 Å². The van der Waals surface area contributed by atoms with Gasteiger partial charge in [0.05, 0.1) is 22.6 Å². The van der Waals surface area contributed by atoms with Crippen LogP contribution in [-0.2, 0) is 6.61 Å². The van der Waals surface area contributed by atoms with Crippen LogP contribution in [0.3, 0.4) is 0 Å². The third-order valence-electron chi connectivity index (χ3n) is 4.02. The Labute approximate surface area is 143 Å². The van der Waals surface area contributed by atoms with Crippen LogP contribution in [-0.4, -0.2) is 10.8 Å². The topological polar surface area (TPSA) is 77.2 Å². The van der Waals surface area contributed by atoms with E-state index in [1.54, 1.807) is 42.6 Å². The van der Waals surface area contributed by atoms with Crippen molar-refractivity contribution >= 4 is 22.8 Å². The number of hydrogen-bond acceptors (Lipinski definition) is 5. The molecule has 0 fully saturated rings. The van der Waals surface area contributed by atoms with Gasteiger partial charge in [-0.25, -0.2) is 4.39 Å². The number of rotatable bonds is 2. The molecule has 0 bridgehead atoms. The number of carbonyl (C=O) groups is 1. The van der Waals surface area contributed by atoms with Crippen LogP contribution in [0.4, 0.5) is 21.5 Å². The number of nitrogen functional groups attached to an aromatic ring is 1. The Kier molecular flexibility index (Phi) is 3.57. The molecule has 0 saturated carbocycles. The van der Waals surface area contributed by atoms with E-state index in [0.717, 1.165) is 0 Å². The number of nitrogens with two attached hydrogens (primary N) is 1. The van der Waals surface area contributed by atoms with Crippen LogP contribution in [0.2, 0.25) is 0 Å². The molecule has 6 heteroatoms. The third-order valence-corrected chi connectivity index (χ3v) is 4.02. The van der Waals surface area contributed by atoms with Crippen molar-refractivity contribution in [2.24, 2.45) is 0 Å². The summed E-state index contributed by atoms with van der Waals surface area (Å²) in [7, 11) is 0. The SMILES string of the molecule is Nc1cc(F)ccc1Nc1ccc2c(c1)OCc1ncccc1C2=O. The predicted molar refractivity (Wildman–Crippen MR) is 92.5 cm³/mol. The average molecular weight is 335 g/mol. The summed E-state index contributed by atoms with van der Waals surface area (Å²) in [5, 5.41) is 3.11. The largest absolute Gasteiger partial charge is 0.486 e. The highest BCUT2D eigenvalue weighted by Gasteiger charge is 2.23. The Hall–Kier alpha value is -3.41. The zero-order valence-electron chi connectivity index (χ0n) is 13.1. The van der Waals surface area contributed by atoms with E-state index in [-0.39, 0.29) is 12.4 Å². The van der Waals surface area contributed by atoms with Gasteiger partial charge in [0.15, 0.2) is 5.78 Å². The highest BCUT2D eigenvalue weighted by atomic mass is 19.1. The fraction of sp³-hybridized carbons (Fsp3) is 0.0526. The second-order valence-electron chi connectivity index (χ2n) is 5.68. The van der Waals surface area contributed by atoms with E-state index in [1.165, 1.54) is 12.1 Å². The van der Waals surface area contributed by atoms with Gasteiger partial charge in [0, 0.05) is 23.5 Å². The van der Waals surface area contributed by atoms with E-state index >= 15 is 0 Å². The minimum Gasteiger partial charge on any atom is -0.486 e. The lowest BCUT2D eigenvalue weighted by Gasteiger charge is -2.12. The summed E-state index contributed by atoms with van der Waals surface area (Å²) in [6.07, 6.45) is 1.63. The average Bonchev–Trinajstić information content (AvgIpc) is 2.75. The Bertz CT molecular complexity index is 988. The van der Waals surface area contributed by atoms with Crippen LogP contribution in [0.1, 0.15) is 21.6 Å². The molecule has 0 amide bonds. The fourth-order valence-corrected chi connectivity index (χ4v) is 2.76. The van der Waals surface area contributed by atoms with Gasteiger partial charge in [-0.2, -0.15) is 0 Å². The smallest absolute Gasteiger partial charge is 0.198 e. The van der Waals surface area contributed by atoms with Crippen molar-refractivity contribution in [3.05, 3.63) is 77.4 Å². The molecular formula is C19H14FN3O2. The first-order valence-electron chi connectivity index (χ1n) is 7.69. The van der Waals surface area contributed by atoms with Crippen molar-refractivity contribution < 1.29 is 13.9 Å². The Morgan fingerprint density at radius 3 is 2.84 bits per heavy atom. The number of benzene rings is 2. The van der Waals surface area contributed by atoms with Gasteiger partial charge in [0.2, 0.25) is 0 Å². The lowest BCUT2D eigenvalue weighted by Crippen LogP contribution is -2.04. The molecule has 3 N–H and O–H groups in total. The Morgan fingerprint density at radius 2 is 2.00 bits per heavy atom. The number of fused-ring (bicyclic) bond motifs is 2. The summed E-state index contributed by atoms with van der Waals surface area (Å²) in [5.41, 5.74) is 9.00. The van der Waals surface area contributed by atoms with Gasteiger partial charge < -0.3 is 15.8 Å². The monoisotopic (exact) mass is 335 g/mol. The first-order chi connectivity index (χ1) is 12.1. The van der Waals surface area contributed by atoms with Gasteiger partial charge in [-0.05, 0) is 42.5 Å². The maximum atomic E-state index is 13.2. The zero-order valence-corrected chi connectivity index (χ0v) is 13.1. The van der Waals surface area contributed by atoms with E-state index in [4.69, 9.17) is 10.5 Å². The summed E-state index contributed by atoms with van der Waals surface area (Å²) >= 11 is 0. The standard InChI is InChI=1S/C19H14FN3O2/c20-11-3-6-16(15(21)8-11)23-12-4-5-14-18(9-12)25-10-17-13(19(14)24)2-1-7-22-17/h1-9,23H,10,21H2. The molecule has 1 aliphatic rings. The second kappa shape index (κ2) is 5.90. The predicted octanol–water partition coefficient (Wildman–Crippen LogP) is 3.67. The van der Waals surface area contributed by atoms with Gasteiger partial charge in [-0.3, -0.25) is 9.78 Å². The number of carbonyl (C=O) groups excluding carboxylic acids is 1. The molecule has 1 aliphatic heterocycles. The second-order valence-corrected chi connectivity index (χ2v) is 5.68. The molecule has 3 aromatic rings. The number of anilines is 3. The number of nitrogens with one attached hydrogen (secondary N) is 1. The molecule has 1 aromatic heterocycles. The third kappa shape index (κ3) is 2.78. The van der Waals surface area contributed by atoms with E-state index in [9.17, 15) is 9.18 Å². The maximum Gasteiger partial charge on any atom is 0.198 e. The van der Waals surface area contributed by atoms with Crippen LogP contribution < -0.4 is 15.8 Å². The van der Waals surface area contributed by atoms with Crippen molar-refractivity contribution in [3.63, 3.8) is 0 Å². The van der Waals surface area contributed by atoms with Crippen molar-refractivity contribution in [1.82, 2.24) is 4.98 Å². The molecule has 2 aromatic carbocycles. The van der Waals surface area contributed by atoms with E-state index in [2.05, 4.69) is 10.3 Å². The summed E-state index contributed by atoms with van der Waals surface area (Å²) in [4.78, 5) is 16.9. The number of halogens is 1. The number of aromatic nitrogens is 1. The molecule has 2 heterocycles. The molecule has 0 radical (unpaired) electrons. The fourth-order valence-electron chi connectivity index (χ4n) is 2.76. The molecule has 0 unspecified atom stereocenters. The first-order valence-corrected chi connectivity index (χ1v) is 7.69. The first kappa shape index (κ1) is 15.1. The van der Waals surface area contributed by atoms with Crippen LogP contribution in [0.5, 0.6) is 5.75 Å². The van der Waals surface area contributed by atoms with Crippen molar-refractivity contribution in [2.45, 2.75) is 6.61 Å². The molecule has 5 nitrogen and oxygen atoms in total. The highest BCUT2D eigenvalue weighted by Crippen LogP contribution is 2.32. The summed E-state index contributed by atoms with van der Waals surface area (Å²) in [6, 6.07) is 12.8. The highest BCUT2D eigenvalue weighted by molar-refractivity contribution is 6.12. The van der Waals surface area contributed by atoms with E-state index in [0.29, 0.717) is 39.6 Å². The van der Waals surface area contributed by atoms with Gasteiger partial charge in [0.25, 0.3) is 0 Å². The number of nitrogens with zero attached hydrogens (tertiary/aromatic N) is 1. The Balaban J connectivity index is 1.68. The lowest BCUT2D eigenvalue weighted by molar-refractivity contribution is 0.103. The number of hydrogen-bond donors (Lipinski definition) is 2. The normalized spacial score (nSPS) is 12.6. The van der Waals surface area contributed by atoms with Crippen molar-refractivity contribution in [2.75, 3.05) is 11.1 Å². The Morgan fingerprint density at radius 1 is 1.12 bits per heavy atom. The van der Waals surface area contributed by atoms with Gasteiger partial charge in [0.1, 0.15) is 18.2 Å². The van der Waals surface area contributed by atoms with Crippen LogP contribution in [0.15, 0.2) is 54.7 Å². The molecule has 25 heavy (non-hydrogen) atoms. The van der Waals surface area contributed by atoms with Crippen molar-refractivity contribution in [3.8, 4) is 5.75 Å². The quantitative estimate of drug-likeness (QED) is 0.699. The summed E-state index contributed by atoms with van der Waals surface area (Å²) in [6.45, 7) is 0.219.